The van der Waals surface area contributed by atoms with Crippen LogP contribution in [0.5, 0.6) is 0 Å². The summed E-state index contributed by atoms with van der Waals surface area (Å²) in [6.45, 7) is 0. The highest BCUT2D eigenvalue weighted by molar-refractivity contribution is 6.09. The minimum absolute atomic E-state index is 0.622. The van der Waals surface area contributed by atoms with Crippen molar-refractivity contribution in [2.75, 3.05) is 0 Å². The first kappa shape index (κ1) is 35.8. The van der Waals surface area contributed by atoms with Gasteiger partial charge in [0, 0.05) is 38.8 Å². The largest absolute Gasteiger partial charge is 0.231 e. The lowest BCUT2D eigenvalue weighted by molar-refractivity contribution is 0.979. The molecule has 0 saturated carbocycles. The van der Waals surface area contributed by atoms with Gasteiger partial charge in [-0.3, -0.25) is 0 Å². The van der Waals surface area contributed by atoms with Crippen molar-refractivity contribution < 1.29 is 0 Å². The van der Waals surface area contributed by atoms with Gasteiger partial charge < -0.3 is 0 Å². The van der Waals surface area contributed by atoms with Crippen LogP contribution in [0.1, 0.15) is 0 Å². The maximum atomic E-state index is 5.41. The first-order valence-electron chi connectivity index (χ1n) is 20.5. The lowest BCUT2D eigenvalue weighted by Gasteiger charge is -2.13. The van der Waals surface area contributed by atoms with Crippen molar-refractivity contribution in [1.82, 2.24) is 24.6 Å². The Morgan fingerprint density at radius 3 is 1.20 bits per heavy atom. The molecule has 3 aromatic heterocycles. The first-order valence-corrected chi connectivity index (χ1v) is 20.5. The fourth-order valence-electron chi connectivity index (χ4n) is 8.21. The Balaban J connectivity index is 1.03. The highest BCUT2D eigenvalue weighted by atomic mass is 15.2. The smallest absolute Gasteiger partial charge is 0.164 e. The van der Waals surface area contributed by atoms with Crippen LogP contribution >= 0.6 is 0 Å². The Labute approximate surface area is 354 Å². The second-order valence-electron chi connectivity index (χ2n) is 15.1. The van der Waals surface area contributed by atoms with Gasteiger partial charge in [0.15, 0.2) is 17.5 Å². The van der Waals surface area contributed by atoms with Crippen molar-refractivity contribution in [3.8, 4) is 90.1 Å². The molecule has 0 aliphatic rings. The molecule has 0 aliphatic carbocycles. The molecule has 5 nitrogen and oxygen atoms in total. The van der Waals surface area contributed by atoms with Gasteiger partial charge in [-0.15, -0.1) is 0 Å². The lowest BCUT2D eigenvalue weighted by Crippen LogP contribution is -2.00. The third kappa shape index (κ3) is 6.84. The number of aromatic nitrogens is 5. The zero-order valence-electron chi connectivity index (χ0n) is 33.1. The molecular formula is C56H37N5. The zero-order valence-corrected chi connectivity index (χ0v) is 33.1. The molecule has 8 aromatic carbocycles. The van der Waals surface area contributed by atoms with Gasteiger partial charge >= 0.3 is 0 Å². The second-order valence-corrected chi connectivity index (χ2v) is 15.1. The van der Waals surface area contributed by atoms with Crippen molar-refractivity contribution in [1.29, 1.82) is 0 Å². The number of hydrogen-bond acceptors (Lipinski definition) is 4. The summed E-state index contributed by atoms with van der Waals surface area (Å²) in [7, 11) is 0. The molecule has 3 heterocycles. The maximum Gasteiger partial charge on any atom is 0.164 e. The average Bonchev–Trinajstić information content (AvgIpc) is 3.76. The van der Waals surface area contributed by atoms with Crippen molar-refractivity contribution in [2.45, 2.75) is 0 Å². The predicted molar refractivity (Wildman–Crippen MR) is 250 cm³/mol. The van der Waals surface area contributed by atoms with E-state index >= 15 is 0 Å². The van der Waals surface area contributed by atoms with Crippen molar-refractivity contribution in [3.63, 3.8) is 0 Å². The highest BCUT2D eigenvalue weighted by Gasteiger charge is 2.22. The number of pyridine rings is 1. The van der Waals surface area contributed by atoms with E-state index in [1.807, 2.05) is 36.4 Å². The number of nitrogens with zero attached hydrogens (tertiary/aromatic N) is 5. The number of hydrogen-bond donors (Lipinski definition) is 0. The molecular weight excluding hydrogens is 743 g/mol. The maximum absolute atomic E-state index is 5.41. The van der Waals surface area contributed by atoms with E-state index in [-0.39, 0.29) is 0 Å². The summed E-state index contributed by atoms with van der Waals surface area (Å²) in [5.41, 5.74) is 14.8. The fraction of sp³-hybridized carbons (Fsp3) is 0. The fourth-order valence-corrected chi connectivity index (χ4v) is 8.21. The summed E-state index contributed by atoms with van der Waals surface area (Å²) in [6, 6.07) is 78.2. The topological polar surface area (TPSA) is 56.0 Å². The summed E-state index contributed by atoms with van der Waals surface area (Å²) in [5, 5.41) is 7.68. The van der Waals surface area contributed by atoms with Crippen LogP contribution in [0.25, 0.3) is 106 Å². The van der Waals surface area contributed by atoms with Crippen molar-refractivity contribution in [3.05, 3.63) is 224 Å². The molecule has 0 aliphatic heterocycles. The molecule has 11 aromatic rings. The second kappa shape index (κ2) is 15.5. The van der Waals surface area contributed by atoms with E-state index in [0.717, 1.165) is 83.3 Å². The monoisotopic (exact) mass is 779 g/mol. The van der Waals surface area contributed by atoms with Crippen LogP contribution in [-0.2, 0) is 0 Å². The van der Waals surface area contributed by atoms with E-state index in [4.69, 9.17) is 20.1 Å². The van der Waals surface area contributed by atoms with Crippen LogP contribution in [-0.4, -0.2) is 24.6 Å². The molecule has 0 spiro atoms. The molecule has 0 radical (unpaired) electrons. The Hall–Kier alpha value is -8.28. The standard InChI is InChI=1S/C56H37N5/c1-6-16-38(17-7-1)39-26-30-45(31-27-39)55-57-54(44-24-14-5-15-25-44)58-56(59-55)46-32-28-40(29-33-46)47-34-35-48-37-50(41-18-8-2-9-19-41)61-53(49(48)36-47)51(42-20-10-3-11-21-42)52(60-61)43-22-12-4-13-23-43/h1-37H. The van der Waals surface area contributed by atoms with Crippen LogP contribution < -0.4 is 0 Å². The molecule has 0 saturated heterocycles. The number of fused-ring (bicyclic) bond motifs is 3. The summed E-state index contributed by atoms with van der Waals surface area (Å²) < 4.78 is 2.15. The Kier molecular flexibility index (Phi) is 9.10. The summed E-state index contributed by atoms with van der Waals surface area (Å²) >= 11 is 0. The molecule has 0 fully saturated rings. The van der Waals surface area contributed by atoms with E-state index in [1.54, 1.807) is 0 Å². The van der Waals surface area contributed by atoms with Crippen LogP contribution in [0.15, 0.2) is 224 Å². The molecule has 61 heavy (non-hydrogen) atoms. The Bertz CT molecular complexity index is 3290. The third-order valence-electron chi connectivity index (χ3n) is 11.3. The SMILES string of the molecule is c1ccc(-c2ccc(-c3nc(-c4ccccc4)nc(-c4ccc(-c5ccc6cc(-c7ccccc7)n7nc(-c8ccccc8)c(-c8ccccc8)c7c6c5)cc4)n3)cc2)cc1. The van der Waals surface area contributed by atoms with E-state index < -0.39 is 0 Å². The van der Waals surface area contributed by atoms with Gasteiger partial charge in [-0.2, -0.15) is 5.10 Å². The van der Waals surface area contributed by atoms with Crippen LogP contribution in [0, 0.1) is 0 Å². The molecule has 0 N–H and O–H groups in total. The molecule has 0 atom stereocenters. The number of benzene rings is 8. The third-order valence-corrected chi connectivity index (χ3v) is 11.3. The van der Waals surface area contributed by atoms with E-state index in [1.165, 1.54) is 5.56 Å². The first-order chi connectivity index (χ1) is 30.2. The molecule has 286 valence electrons. The van der Waals surface area contributed by atoms with Crippen molar-refractivity contribution >= 4 is 16.3 Å². The van der Waals surface area contributed by atoms with E-state index in [0.29, 0.717) is 17.5 Å². The molecule has 0 unspecified atom stereocenters. The van der Waals surface area contributed by atoms with Gasteiger partial charge in [0.1, 0.15) is 5.69 Å². The van der Waals surface area contributed by atoms with Gasteiger partial charge in [-0.05, 0) is 45.3 Å². The van der Waals surface area contributed by atoms with Crippen LogP contribution in [0.3, 0.4) is 0 Å². The molecule has 11 rings (SSSR count). The predicted octanol–water partition coefficient (Wildman–Crippen LogP) is 14.0. The van der Waals surface area contributed by atoms with Crippen LogP contribution in [0.2, 0.25) is 0 Å². The van der Waals surface area contributed by atoms with Gasteiger partial charge in [-0.25, -0.2) is 19.5 Å². The van der Waals surface area contributed by atoms with Crippen molar-refractivity contribution in [2.24, 2.45) is 0 Å². The Morgan fingerprint density at radius 1 is 0.295 bits per heavy atom. The Morgan fingerprint density at radius 2 is 0.672 bits per heavy atom. The minimum Gasteiger partial charge on any atom is -0.231 e. The van der Waals surface area contributed by atoms with Gasteiger partial charge in [0.05, 0.1) is 11.2 Å². The quantitative estimate of drug-likeness (QED) is 0.154. The average molecular weight is 780 g/mol. The minimum atomic E-state index is 0.622. The van der Waals surface area contributed by atoms with Gasteiger partial charge in [0.2, 0.25) is 0 Å². The lowest BCUT2D eigenvalue weighted by atomic mass is 9.95. The molecule has 0 amide bonds. The van der Waals surface area contributed by atoms with Gasteiger partial charge in [-0.1, -0.05) is 212 Å². The summed E-state index contributed by atoms with van der Waals surface area (Å²) in [6.07, 6.45) is 0. The summed E-state index contributed by atoms with van der Waals surface area (Å²) in [5.74, 6) is 1.89. The zero-order chi connectivity index (χ0) is 40.5. The normalized spacial score (nSPS) is 11.3. The van der Waals surface area contributed by atoms with Gasteiger partial charge in [0.25, 0.3) is 0 Å². The van der Waals surface area contributed by atoms with Crippen LogP contribution in [0.4, 0.5) is 0 Å². The highest BCUT2D eigenvalue weighted by Crippen LogP contribution is 2.42. The summed E-state index contributed by atoms with van der Waals surface area (Å²) in [4.78, 5) is 15.0. The van der Waals surface area contributed by atoms with E-state index in [2.05, 4.69) is 193 Å². The van der Waals surface area contributed by atoms with E-state index in [9.17, 15) is 0 Å². The molecule has 0 bridgehead atoms. The number of rotatable bonds is 8. The molecule has 5 heteroatoms.